The number of nitrogens with one attached hydrogen (secondary N) is 1. The summed E-state index contributed by atoms with van der Waals surface area (Å²) in [7, 11) is 0. The number of thiazole rings is 1. The highest BCUT2D eigenvalue weighted by Crippen LogP contribution is 2.22. The zero-order chi connectivity index (χ0) is 11.5. The van der Waals surface area contributed by atoms with Crippen LogP contribution in [0.25, 0.3) is 0 Å². The Morgan fingerprint density at radius 1 is 1.81 bits per heavy atom. The summed E-state index contributed by atoms with van der Waals surface area (Å²) >= 11 is 1.44. The third kappa shape index (κ3) is 2.70. The summed E-state index contributed by atoms with van der Waals surface area (Å²) in [5.41, 5.74) is 0.603. The molecule has 1 fully saturated rings. The average Bonchev–Trinajstić information content (AvgIpc) is 2.77. The van der Waals surface area contributed by atoms with E-state index in [9.17, 15) is 4.79 Å². The molecule has 1 aliphatic rings. The number of nitrogens with zero attached hydrogens (tertiary/aromatic N) is 1. The number of hydrogen-bond donors (Lipinski definition) is 2. The predicted octanol–water partition coefficient (Wildman–Crippen LogP) is 1.36. The lowest BCUT2D eigenvalue weighted by atomic mass is 10.2. The van der Waals surface area contributed by atoms with Crippen LogP contribution in [0.2, 0.25) is 0 Å². The molecule has 0 aliphatic carbocycles. The molecule has 88 valence electrons. The van der Waals surface area contributed by atoms with Gasteiger partial charge in [0.05, 0.1) is 24.3 Å². The SMILES string of the molecule is CC1OCCC1Nc1nc(CC(=O)O)cs1. The highest BCUT2D eigenvalue weighted by molar-refractivity contribution is 7.13. The van der Waals surface area contributed by atoms with Crippen LogP contribution in [-0.2, 0) is 16.0 Å². The van der Waals surface area contributed by atoms with Crippen LogP contribution >= 0.6 is 11.3 Å². The van der Waals surface area contributed by atoms with Gasteiger partial charge in [-0.3, -0.25) is 4.79 Å². The van der Waals surface area contributed by atoms with Crippen LogP contribution in [0.1, 0.15) is 19.0 Å². The fourth-order valence-corrected chi connectivity index (χ4v) is 2.46. The van der Waals surface area contributed by atoms with Gasteiger partial charge in [0.15, 0.2) is 5.13 Å². The number of rotatable bonds is 4. The number of anilines is 1. The third-order valence-corrected chi connectivity index (χ3v) is 3.39. The van der Waals surface area contributed by atoms with Gasteiger partial charge in [-0.15, -0.1) is 11.3 Å². The lowest BCUT2D eigenvalue weighted by Gasteiger charge is -2.14. The molecule has 6 heteroatoms. The maximum Gasteiger partial charge on any atom is 0.309 e. The summed E-state index contributed by atoms with van der Waals surface area (Å²) in [6.45, 7) is 2.79. The van der Waals surface area contributed by atoms with E-state index in [0.717, 1.165) is 18.2 Å². The number of ether oxygens (including phenoxy) is 1. The van der Waals surface area contributed by atoms with Crippen LogP contribution in [0.15, 0.2) is 5.38 Å². The van der Waals surface area contributed by atoms with Gasteiger partial charge in [-0.1, -0.05) is 0 Å². The molecule has 2 heterocycles. The molecule has 2 N–H and O–H groups in total. The van der Waals surface area contributed by atoms with Gasteiger partial charge in [0.2, 0.25) is 0 Å². The smallest absolute Gasteiger partial charge is 0.309 e. The first kappa shape index (κ1) is 11.3. The van der Waals surface area contributed by atoms with E-state index in [2.05, 4.69) is 10.3 Å². The van der Waals surface area contributed by atoms with Crippen LogP contribution in [0.5, 0.6) is 0 Å². The molecule has 16 heavy (non-hydrogen) atoms. The van der Waals surface area contributed by atoms with Gasteiger partial charge in [0, 0.05) is 12.0 Å². The minimum absolute atomic E-state index is 0.0189. The Kier molecular flexibility index (Phi) is 3.40. The van der Waals surface area contributed by atoms with Gasteiger partial charge in [0.1, 0.15) is 0 Å². The maximum atomic E-state index is 10.5. The minimum atomic E-state index is -0.852. The first-order chi connectivity index (χ1) is 7.65. The summed E-state index contributed by atoms with van der Waals surface area (Å²) in [6, 6.07) is 0.281. The van der Waals surface area contributed by atoms with E-state index in [0.29, 0.717) is 5.69 Å². The van der Waals surface area contributed by atoms with Crippen LogP contribution in [0.4, 0.5) is 5.13 Å². The van der Waals surface area contributed by atoms with Crippen molar-refractivity contribution in [3.63, 3.8) is 0 Å². The monoisotopic (exact) mass is 242 g/mol. The molecular formula is C10H14N2O3S. The highest BCUT2D eigenvalue weighted by atomic mass is 32.1. The molecule has 2 unspecified atom stereocenters. The molecule has 2 atom stereocenters. The molecule has 1 aromatic heterocycles. The van der Waals surface area contributed by atoms with Crippen molar-refractivity contribution in [2.45, 2.75) is 31.9 Å². The number of carbonyl (C=O) groups is 1. The molecule has 5 nitrogen and oxygen atoms in total. The predicted molar refractivity (Wildman–Crippen MR) is 60.9 cm³/mol. The van der Waals surface area contributed by atoms with Crippen molar-refractivity contribution in [1.29, 1.82) is 0 Å². The highest BCUT2D eigenvalue weighted by Gasteiger charge is 2.24. The van der Waals surface area contributed by atoms with E-state index in [1.54, 1.807) is 5.38 Å². The number of carboxylic acid groups (broad SMARTS) is 1. The lowest BCUT2D eigenvalue weighted by Crippen LogP contribution is -2.26. The molecule has 0 aromatic carbocycles. The van der Waals surface area contributed by atoms with E-state index in [1.165, 1.54) is 11.3 Å². The molecule has 1 saturated heterocycles. The van der Waals surface area contributed by atoms with Gasteiger partial charge < -0.3 is 15.2 Å². The van der Waals surface area contributed by atoms with Crippen LogP contribution in [-0.4, -0.2) is 34.8 Å². The Hall–Kier alpha value is -1.14. The van der Waals surface area contributed by atoms with Crippen LogP contribution in [0.3, 0.4) is 0 Å². The topological polar surface area (TPSA) is 71.5 Å². The summed E-state index contributed by atoms with van der Waals surface area (Å²) in [4.78, 5) is 14.7. The van der Waals surface area contributed by atoms with Gasteiger partial charge in [-0.05, 0) is 13.3 Å². The lowest BCUT2D eigenvalue weighted by molar-refractivity contribution is -0.136. The fourth-order valence-electron chi connectivity index (χ4n) is 1.69. The zero-order valence-electron chi connectivity index (χ0n) is 8.97. The average molecular weight is 242 g/mol. The molecule has 1 aromatic rings. The standard InChI is InChI=1S/C10H14N2O3S/c1-6-8(2-3-15-6)12-10-11-7(5-16-10)4-9(13)14/h5-6,8H,2-4H2,1H3,(H,11,12)(H,13,14). The van der Waals surface area contributed by atoms with Gasteiger partial charge in [-0.2, -0.15) is 0 Å². The largest absolute Gasteiger partial charge is 0.481 e. The maximum absolute atomic E-state index is 10.5. The number of aliphatic carboxylic acids is 1. The number of carboxylic acids is 1. The first-order valence-corrected chi connectivity index (χ1v) is 6.07. The van der Waals surface area contributed by atoms with Crippen molar-refractivity contribution in [3.05, 3.63) is 11.1 Å². The van der Waals surface area contributed by atoms with E-state index in [1.807, 2.05) is 6.92 Å². The van der Waals surface area contributed by atoms with Gasteiger partial charge in [0.25, 0.3) is 0 Å². The molecule has 0 amide bonds. The molecule has 0 bridgehead atoms. The zero-order valence-corrected chi connectivity index (χ0v) is 9.79. The van der Waals surface area contributed by atoms with E-state index in [-0.39, 0.29) is 18.6 Å². The quantitative estimate of drug-likeness (QED) is 0.834. The fraction of sp³-hybridized carbons (Fsp3) is 0.600. The Balaban J connectivity index is 1.94. The van der Waals surface area contributed by atoms with Crippen molar-refractivity contribution in [1.82, 2.24) is 4.98 Å². The Bertz CT molecular complexity index is 380. The van der Waals surface area contributed by atoms with Crippen LogP contribution in [0, 0.1) is 0 Å². The summed E-state index contributed by atoms with van der Waals surface area (Å²) < 4.78 is 5.43. The first-order valence-electron chi connectivity index (χ1n) is 5.19. The number of hydrogen-bond acceptors (Lipinski definition) is 5. The Morgan fingerprint density at radius 3 is 3.25 bits per heavy atom. The van der Waals surface area contributed by atoms with Crippen molar-refractivity contribution in [3.8, 4) is 0 Å². The van der Waals surface area contributed by atoms with Crippen molar-refractivity contribution < 1.29 is 14.6 Å². The van der Waals surface area contributed by atoms with E-state index >= 15 is 0 Å². The van der Waals surface area contributed by atoms with Crippen molar-refractivity contribution in [2.24, 2.45) is 0 Å². The Labute approximate surface area is 97.5 Å². The van der Waals surface area contributed by atoms with E-state index < -0.39 is 5.97 Å². The minimum Gasteiger partial charge on any atom is -0.481 e. The van der Waals surface area contributed by atoms with Gasteiger partial charge in [-0.25, -0.2) is 4.98 Å². The molecule has 0 saturated carbocycles. The number of aromatic nitrogens is 1. The Morgan fingerprint density at radius 2 is 2.62 bits per heavy atom. The third-order valence-electron chi connectivity index (χ3n) is 2.57. The summed E-state index contributed by atoms with van der Waals surface area (Å²) in [5.74, 6) is -0.852. The normalized spacial score (nSPS) is 24.6. The van der Waals surface area contributed by atoms with Crippen molar-refractivity contribution >= 4 is 22.4 Å². The van der Waals surface area contributed by atoms with E-state index in [4.69, 9.17) is 9.84 Å². The molecule has 2 rings (SSSR count). The molecular weight excluding hydrogens is 228 g/mol. The molecule has 0 spiro atoms. The van der Waals surface area contributed by atoms with Gasteiger partial charge >= 0.3 is 5.97 Å². The second-order valence-electron chi connectivity index (χ2n) is 3.83. The molecule has 1 aliphatic heterocycles. The summed E-state index contributed by atoms with van der Waals surface area (Å²) in [6.07, 6.45) is 1.14. The molecule has 0 radical (unpaired) electrons. The van der Waals surface area contributed by atoms with Crippen molar-refractivity contribution in [2.75, 3.05) is 11.9 Å². The second kappa shape index (κ2) is 4.80. The summed E-state index contributed by atoms with van der Waals surface area (Å²) in [5, 5.41) is 14.5. The van der Waals surface area contributed by atoms with Crippen LogP contribution < -0.4 is 5.32 Å². The second-order valence-corrected chi connectivity index (χ2v) is 4.69.